The fourth-order valence-corrected chi connectivity index (χ4v) is 3.63. The number of hydrogen-bond acceptors (Lipinski definition) is 3. The molecule has 4 unspecified atom stereocenters. The van der Waals surface area contributed by atoms with Crippen LogP contribution in [0.25, 0.3) is 0 Å². The second-order valence-corrected chi connectivity index (χ2v) is 6.42. The highest BCUT2D eigenvalue weighted by atomic mass is 16.5. The number of carboxylic acid groups (broad SMARTS) is 1. The second kappa shape index (κ2) is 5.72. The van der Waals surface area contributed by atoms with Crippen molar-refractivity contribution in [2.45, 2.75) is 51.4 Å². The molecular formula is C17H21NO4. The Morgan fingerprint density at radius 1 is 1.23 bits per heavy atom. The molecule has 5 heteroatoms. The van der Waals surface area contributed by atoms with Crippen molar-refractivity contribution in [3.63, 3.8) is 0 Å². The molecule has 2 bridgehead atoms. The molecule has 1 amide bonds. The quantitative estimate of drug-likeness (QED) is 0.893. The molecule has 5 nitrogen and oxygen atoms in total. The number of carboxylic acids is 1. The lowest BCUT2D eigenvalue weighted by Crippen LogP contribution is -2.40. The van der Waals surface area contributed by atoms with Crippen LogP contribution in [0, 0.1) is 19.8 Å². The zero-order valence-electron chi connectivity index (χ0n) is 12.8. The third kappa shape index (κ3) is 2.86. The molecule has 2 aliphatic heterocycles. The van der Waals surface area contributed by atoms with Crippen LogP contribution in [0.1, 0.15) is 42.0 Å². The molecule has 2 saturated heterocycles. The van der Waals surface area contributed by atoms with Crippen molar-refractivity contribution in [1.82, 2.24) is 5.32 Å². The maximum absolute atomic E-state index is 12.4. The van der Waals surface area contributed by atoms with Crippen LogP contribution in [0.3, 0.4) is 0 Å². The first-order chi connectivity index (χ1) is 10.4. The molecule has 22 heavy (non-hydrogen) atoms. The van der Waals surface area contributed by atoms with E-state index in [9.17, 15) is 14.7 Å². The maximum atomic E-state index is 12.4. The fourth-order valence-electron chi connectivity index (χ4n) is 3.63. The van der Waals surface area contributed by atoms with Gasteiger partial charge in [0.25, 0.3) is 0 Å². The number of amides is 1. The minimum atomic E-state index is -1.04. The number of carbonyl (C=O) groups is 2. The van der Waals surface area contributed by atoms with Gasteiger partial charge in [0, 0.05) is 0 Å². The minimum absolute atomic E-state index is 0.0429. The van der Waals surface area contributed by atoms with Gasteiger partial charge in [-0.25, -0.2) is 4.79 Å². The normalized spacial score (nSPS) is 27.6. The Kier molecular flexibility index (Phi) is 3.91. The average molecular weight is 303 g/mol. The molecule has 2 heterocycles. The molecule has 0 radical (unpaired) electrons. The second-order valence-electron chi connectivity index (χ2n) is 6.42. The van der Waals surface area contributed by atoms with Crippen LogP contribution in [0.5, 0.6) is 0 Å². The number of carbonyl (C=O) groups excluding carboxylic acids is 1. The van der Waals surface area contributed by atoms with E-state index in [0.717, 1.165) is 24.0 Å². The Morgan fingerprint density at radius 2 is 1.91 bits per heavy atom. The highest BCUT2D eigenvalue weighted by Crippen LogP contribution is 2.39. The van der Waals surface area contributed by atoms with E-state index in [2.05, 4.69) is 5.32 Å². The average Bonchev–Trinajstić information content (AvgIpc) is 3.05. The summed E-state index contributed by atoms with van der Waals surface area (Å²) in [4.78, 5) is 24.0. The Balaban J connectivity index is 1.77. The van der Waals surface area contributed by atoms with Crippen molar-refractivity contribution in [2.75, 3.05) is 0 Å². The first-order valence-electron chi connectivity index (χ1n) is 7.71. The molecule has 118 valence electrons. The highest BCUT2D eigenvalue weighted by molar-refractivity contribution is 5.86. The molecule has 3 rings (SSSR count). The Bertz CT molecular complexity index is 592. The van der Waals surface area contributed by atoms with Crippen LogP contribution in [0.4, 0.5) is 0 Å². The Morgan fingerprint density at radius 3 is 2.41 bits per heavy atom. The fraction of sp³-hybridized carbons (Fsp3) is 0.529. The molecule has 0 aromatic heterocycles. The highest BCUT2D eigenvalue weighted by Gasteiger charge is 2.45. The molecule has 2 aliphatic rings. The summed E-state index contributed by atoms with van der Waals surface area (Å²) in [7, 11) is 0. The lowest BCUT2D eigenvalue weighted by Gasteiger charge is -2.22. The van der Waals surface area contributed by atoms with Gasteiger partial charge in [-0.2, -0.15) is 0 Å². The van der Waals surface area contributed by atoms with Gasteiger partial charge in [-0.1, -0.05) is 29.3 Å². The number of rotatable bonds is 4. The van der Waals surface area contributed by atoms with Gasteiger partial charge >= 0.3 is 5.97 Å². The predicted molar refractivity (Wildman–Crippen MR) is 80.4 cm³/mol. The van der Waals surface area contributed by atoms with Crippen LogP contribution in [-0.2, 0) is 14.3 Å². The van der Waals surface area contributed by atoms with Crippen LogP contribution in [0.2, 0.25) is 0 Å². The third-order valence-electron chi connectivity index (χ3n) is 4.55. The van der Waals surface area contributed by atoms with Crippen LogP contribution in [-0.4, -0.2) is 29.2 Å². The lowest BCUT2D eigenvalue weighted by atomic mass is 9.88. The van der Waals surface area contributed by atoms with Crippen LogP contribution in [0.15, 0.2) is 18.2 Å². The number of nitrogens with one attached hydrogen (secondary N) is 1. The summed E-state index contributed by atoms with van der Waals surface area (Å²) in [6.45, 7) is 3.84. The van der Waals surface area contributed by atoms with Crippen molar-refractivity contribution < 1.29 is 19.4 Å². The third-order valence-corrected chi connectivity index (χ3v) is 4.55. The van der Waals surface area contributed by atoms with Crippen LogP contribution < -0.4 is 5.32 Å². The predicted octanol–water partition coefficient (Wildman–Crippen LogP) is 2.11. The van der Waals surface area contributed by atoms with Gasteiger partial charge < -0.3 is 15.2 Å². The van der Waals surface area contributed by atoms with E-state index in [0.29, 0.717) is 12.0 Å². The molecule has 4 atom stereocenters. The van der Waals surface area contributed by atoms with E-state index in [4.69, 9.17) is 4.74 Å². The summed E-state index contributed by atoms with van der Waals surface area (Å²) in [5.74, 6) is -1.47. The summed E-state index contributed by atoms with van der Waals surface area (Å²) in [6.07, 6.45) is 2.73. The van der Waals surface area contributed by atoms with E-state index in [1.165, 1.54) is 0 Å². The minimum Gasteiger partial charge on any atom is -0.479 e. The van der Waals surface area contributed by atoms with Gasteiger partial charge in [0.15, 0.2) is 6.04 Å². The molecule has 2 N–H and O–H groups in total. The van der Waals surface area contributed by atoms with E-state index in [1.807, 2.05) is 32.0 Å². The zero-order valence-corrected chi connectivity index (χ0v) is 12.8. The van der Waals surface area contributed by atoms with E-state index in [1.54, 1.807) is 0 Å². The first kappa shape index (κ1) is 15.0. The van der Waals surface area contributed by atoms with Crippen molar-refractivity contribution in [1.29, 1.82) is 0 Å². The van der Waals surface area contributed by atoms with Crippen molar-refractivity contribution >= 4 is 11.9 Å². The molecule has 0 spiro atoms. The Hall–Kier alpha value is -1.88. The van der Waals surface area contributed by atoms with Gasteiger partial charge in [-0.3, -0.25) is 4.79 Å². The van der Waals surface area contributed by atoms with Crippen molar-refractivity contribution in [3.05, 3.63) is 34.9 Å². The number of aliphatic carboxylic acids is 1. The van der Waals surface area contributed by atoms with Gasteiger partial charge in [-0.05, 0) is 38.7 Å². The molecule has 1 aromatic rings. The van der Waals surface area contributed by atoms with Crippen molar-refractivity contribution in [2.24, 2.45) is 5.92 Å². The number of ether oxygens (including phenoxy) is 1. The summed E-state index contributed by atoms with van der Waals surface area (Å²) >= 11 is 0. The first-order valence-corrected chi connectivity index (χ1v) is 7.71. The largest absolute Gasteiger partial charge is 0.479 e. The number of hydrogen-bond donors (Lipinski definition) is 2. The van der Waals surface area contributed by atoms with Gasteiger partial charge in [0.1, 0.15) is 0 Å². The standard InChI is InChI=1S/C17H21NO4/c1-9-5-10(2)7-11(6-9)15(17(20)21)18-16(19)13-8-12-3-4-14(13)22-12/h5-7,12-15H,3-4,8H2,1-2H3,(H,18,19)(H,20,21). The molecule has 0 saturated carbocycles. The maximum Gasteiger partial charge on any atom is 0.330 e. The summed E-state index contributed by atoms with van der Waals surface area (Å²) < 4.78 is 5.68. The van der Waals surface area contributed by atoms with Crippen molar-refractivity contribution in [3.8, 4) is 0 Å². The smallest absolute Gasteiger partial charge is 0.330 e. The number of aryl methyl sites for hydroxylation is 2. The number of benzene rings is 1. The molecule has 2 fully saturated rings. The summed E-state index contributed by atoms with van der Waals surface area (Å²) in [6, 6.07) is 4.59. The zero-order chi connectivity index (χ0) is 15.9. The van der Waals surface area contributed by atoms with Gasteiger partial charge in [-0.15, -0.1) is 0 Å². The van der Waals surface area contributed by atoms with Crippen LogP contribution >= 0.6 is 0 Å². The SMILES string of the molecule is Cc1cc(C)cc(C(NC(=O)C2CC3CCC2O3)C(=O)O)c1. The topological polar surface area (TPSA) is 75.6 Å². The molecule has 0 aliphatic carbocycles. The summed E-state index contributed by atoms with van der Waals surface area (Å²) in [5, 5.41) is 12.2. The van der Waals surface area contributed by atoms with Gasteiger partial charge in [0.05, 0.1) is 18.1 Å². The molecule has 1 aromatic carbocycles. The van der Waals surface area contributed by atoms with E-state index >= 15 is 0 Å². The van der Waals surface area contributed by atoms with E-state index in [-0.39, 0.29) is 24.0 Å². The number of fused-ring (bicyclic) bond motifs is 2. The van der Waals surface area contributed by atoms with E-state index < -0.39 is 12.0 Å². The molecular weight excluding hydrogens is 282 g/mol. The lowest BCUT2D eigenvalue weighted by molar-refractivity contribution is -0.143. The monoisotopic (exact) mass is 303 g/mol. The summed E-state index contributed by atoms with van der Waals surface area (Å²) in [5.41, 5.74) is 2.58. The van der Waals surface area contributed by atoms with Gasteiger partial charge in [0.2, 0.25) is 5.91 Å². The Labute approximate surface area is 129 Å².